The van der Waals surface area contributed by atoms with Gasteiger partial charge in [-0.25, -0.2) is 4.99 Å². The van der Waals surface area contributed by atoms with Crippen molar-refractivity contribution in [3.8, 4) is 16.8 Å². The first-order valence-electron chi connectivity index (χ1n) is 15.2. The van der Waals surface area contributed by atoms with E-state index in [9.17, 15) is 0 Å². The van der Waals surface area contributed by atoms with Gasteiger partial charge in [0.2, 0.25) is 0 Å². The second-order valence-corrected chi connectivity index (χ2v) is 11.7. The molecule has 0 radical (unpaired) electrons. The second-order valence-electron chi connectivity index (χ2n) is 11.7. The number of para-hydroxylation sites is 1. The van der Waals surface area contributed by atoms with Gasteiger partial charge in [0, 0.05) is 27.9 Å². The van der Waals surface area contributed by atoms with E-state index in [2.05, 4.69) is 122 Å². The van der Waals surface area contributed by atoms with Crippen LogP contribution in [0.2, 0.25) is 0 Å². The van der Waals surface area contributed by atoms with E-state index in [1.54, 1.807) is 0 Å². The normalized spacial score (nSPS) is 18.0. The van der Waals surface area contributed by atoms with E-state index < -0.39 is 0 Å². The summed E-state index contributed by atoms with van der Waals surface area (Å²) in [6.07, 6.45) is 13.1. The van der Waals surface area contributed by atoms with E-state index in [0.717, 1.165) is 40.8 Å². The summed E-state index contributed by atoms with van der Waals surface area (Å²) in [4.78, 5) is 4.89. The fourth-order valence-corrected chi connectivity index (χ4v) is 6.50. The molecule has 1 aromatic heterocycles. The maximum absolute atomic E-state index is 8.89. The number of aromatic nitrogens is 1. The van der Waals surface area contributed by atoms with Gasteiger partial charge in [0.15, 0.2) is 5.84 Å². The van der Waals surface area contributed by atoms with Crippen molar-refractivity contribution in [3.05, 3.63) is 155 Å². The molecule has 210 valence electrons. The van der Waals surface area contributed by atoms with Gasteiger partial charge < -0.3 is 4.57 Å². The predicted molar refractivity (Wildman–Crippen MR) is 182 cm³/mol. The number of hydrogen-bond donors (Lipinski definition) is 1. The molecule has 0 fully saturated rings. The van der Waals surface area contributed by atoms with E-state index in [-0.39, 0.29) is 5.84 Å². The lowest BCUT2D eigenvalue weighted by Gasteiger charge is -2.20. The van der Waals surface area contributed by atoms with Crippen molar-refractivity contribution in [3.63, 3.8) is 0 Å². The van der Waals surface area contributed by atoms with Crippen molar-refractivity contribution in [1.29, 1.82) is 5.41 Å². The Morgan fingerprint density at radius 1 is 0.721 bits per heavy atom. The Hall–Kier alpha value is -5.02. The molecule has 7 rings (SSSR count). The van der Waals surface area contributed by atoms with E-state index in [1.165, 1.54) is 33.4 Å². The third-order valence-corrected chi connectivity index (χ3v) is 8.80. The lowest BCUT2D eigenvalue weighted by atomic mass is 9.87. The number of amidine groups is 1. The summed E-state index contributed by atoms with van der Waals surface area (Å²) in [5.74, 6) is 1.14. The lowest BCUT2D eigenvalue weighted by molar-refractivity contribution is 0.713. The molecule has 0 amide bonds. The predicted octanol–water partition coefficient (Wildman–Crippen LogP) is 10.2. The molecular formula is C40H35N3. The van der Waals surface area contributed by atoms with Crippen LogP contribution in [-0.2, 0) is 0 Å². The second kappa shape index (κ2) is 11.3. The van der Waals surface area contributed by atoms with E-state index >= 15 is 0 Å². The Morgan fingerprint density at radius 2 is 1.40 bits per heavy atom. The Morgan fingerprint density at radius 3 is 2.14 bits per heavy atom. The first-order valence-corrected chi connectivity index (χ1v) is 15.2. The average molecular weight is 558 g/mol. The van der Waals surface area contributed by atoms with Gasteiger partial charge in [-0.05, 0) is 71.2 Å². The molecule has 2 aliphatic carbocycles. The van der Waals surface area contributed by atoms with Crippen LogP contribution >= 0.6 is 0 Å². The van der Waals surface area contributed by atoms with Gasteiger partial charge in [0.25, 0.3) is 0 Å². The fourth-order valence-electron chi connectivity index (χ4n) is 6.50. The van der Waals surface area contributed by atoms with E-state index in [4.69, 9.17) is 10.4 Å². The van der Waals surface area contributed by atoms with Crippen molar-refractivity contribution in [2.45, 2.75) is 32.6 Å². The molecule has 3 heteroatoms. The van der Waals surface area contributed by atoms with E-state index in [1.807, 2.05) is 30.3 Å². The van der Waals surface area contributed by atoms with Gasteiger partial charge in [0.1, 0.15) is 0 Å². The monoisotopic (exact) mass is 557 g/mol. The zero-order valence-electron chi connectivity index (χ0n) is 24.7. The van der Waals surface area contributed by atoms with Gasteiger partial charge >= 0.3 is 0 Å². The first-order chi connectivity index (χ1) is 21.1. The summed E-state index contributed by atoms with van der Waals surface area (Å²) >= 11 is 0. The summed E-state index contributed by atoms with van der Waals surface area (Å²) in [6.45, 7) is 4.55. The number of rotatable bonds is 5. The molecule has 0 spiro atoms. The van der Waals surface area contributed by atoms with Crippen LogP contribution in [0.5, 0.6) is 0 Å². The lowest BCUT2D eigenvalue weighted by Crippen LogP contribution is -2.15. The largest absolute Gasteiger partial charge is 0.310 e. The van der Waals surface area contributed by atoms with Crippen LogP contribution in [0.15, 0.2) is 138 Å². The minimum Gasteiger partial charge on any atom is -0.310 e. The van der Waals surface area contributed by atoms with Crippen LogP contribution in [0.4, 0.5) is 0 Å². The van der Waals surface area contributed by atoms with Crippen molar-refractivity contribution in [2.24, 2.45) is 10.9 Å². The van der Waals surface area contributed by atoms with Crippen molar-refractivity contribution >= 4 is 28.5 Å². The molecule has 3 nitrogen and oxygen atoms in total. The smallest absolute Gasteiger partial charge is 0.152 e. The molecular weight excluding hydrogens is 522 g/mol. The summed E-state index contributed by atoms with van der Waals surface area (Å²) in [6, 6.07) is 36.0. The summed E-state index contributed by atoms with van der Waals surface area (Å²) < 4.78 is 2.39. The van der Waals surface area contributed by atoms with Crippen LogP contribution in [0.3, 0.4) is 0 Å². The maximum atomic E-state index is 8.89. The standard InChI is InChI=1S/C40H35N3/c1-27-11-6-7-15-34(27)39(31-13-4-3-5-14-31)42-40(41)32-21-19-29(20-22-32)30-23-25-33(26-24-30)43-36-17-9-8-16-35(36)38-28(2)12-10-18-37(38)43/h3-10,13-28,41H,11-12H2,1-2H3/b41-40?,42-39-. The highest BCUT2D eigenvalue weighted by Gasteiger charge is 2.23. The van der Waals surface area contributed by atoms with Crippen LogP contribution in [0.1, 0.15) is 55.0 Å². The number of benzene rings is 4. The quantitative estimate of drug-likeness (QED) is 0.165. The summed E-state index contributed by atoms with van der Waals surface area (Å²) in [7, 11) is 0. The van der Waals surface area contributed by atoms with Crippen LogP contribution in [0, 0.1) is 11.3 Å². The number of aliphatic imine (C=N–C) groups is 1. The van der Waals surface area contributed by atoms with Gasteiger partial charge in [-0.1, -0.05) is 123 Å². The number of hydrogen-bond acceptors (Lipinski definition) is 1. The maximum Gasteiger partial charge on any atom is 0.152 e. The summed E-state index contributed by atoms with van der Waals surface area (Å²) in [5.41, 5.74) is 11.3. The van der Waals surface area contributed by atoms with Crippen molar-refractivity contribution in [1.82, 2.24) is 4.57 Å². The molecule has 0 saturated heterocycles. The topological polar surface area (TPSA) is 41.1 Å². The minimum atomic E-state index is 0.273. The number of fused-ring (bicyclic) bond motifs is 3. The molecule has 5 aromatic rings. The molecule has 0 aliphatic heterocycles. The highest BCUT2D eigenvalue weighted by molar-refractivity contribution is 6.19. The molecule has 4 aromatic carbocycles. The molecule has 2 atom stereocenters. The van der Waals surface area contributed by atoms with Crippen molar-refractivity contribution in [2.75, 3.05) is 0 Å². The van der Waals surface area contributed by atoms with Gasteiger partial charge in [0.05, 0.1) is 11.2 Å². The Bertz CT molecular complexity index is 1930. The van der Waals surface area contributed by atoms with E-state index in [0.29, 0.717) is 11.8 Å². The summed E-state index contributed by atoms with van der Waals surface area (Å²) in [5, 5.41) is 10.2. The zero-order valence-corrected chi connectivity index (χ0v) is 24.7. The van der Waals surface area contributed by atoms with Crippen molar-refractivity contribution < 1.29 is 0 Å². The third-order valence-electron chi connectivity index (χ3n) is 8.80. The molecule has 0 bridgehead atoms. The zero-order chi connectivity index (χ0) is 29.3. The Balaban J connectivity index is 1.18. The van der Waals surface area contributed by atoms with Gasteiger partial charge in [-0.15, -0.1) is 0 Å². The molecule has 0 saturated carbocycles. The van der Waals surface area contributed by atoms with Crippen LogP contribution in [-0.4, -0.2) is 16.1 Å². The number of nitrogens with one attached hydrogen (secondary N) is 1. The highest BCUT2D eigenvalue weighted by Crippen LogP contribution is 2.39. The fraction of sp³-hybridized carbons (Fsp3) is 0.150. The Kier molecular flexibility index (Phi) is 7.08. The Labute approximate surface area is 253 Å². The van der Waals surface area contributed by atoms with Gasteiger partial charge in [-0.3, -0.25) is 5.41 Å². The minimum absolute atomic E-state index is 0.273. The SMILES string of the molecule is CC1CC=CC=C1/C(=N\C(=N)c1ccc(-c2ccc(-n3c4c(c5ccccc53)C(C)CC=C4)cc2)cc1)c1ccccc1. The number of allylic oxidation sites excluding steroid dienone is 5. The molecule has 1 heterocycles. The van der Waals surface area contributed by atoms with Gasteiger partial charge in [-0.2, -0.15) is 0 Å². The molecule has 2 unspecified atom stereocenters. The number of nitrogens with zero attached hydrogens (tertiary/aromatic N) is 2. The van der Waals surface area contributed by atoms with Crippen LogP contribution in [0.25, 0.3) is 33.8 Å². The highest BCUT2D eigenvalue weighted by atomic mass is 15.0. The molecule has 1 N–H and O–H groups in total. The average Bonchev–Trinajstić information content (AvgIpc) is 3.40. The first kappa shape index (κ1) is 26.9. The molecule has 2 aliphatic rings. The third kappa shape index (κ3) is 5.02. The van der Waals surface area contributed by atoms with Crippen LogP contribution < -0.4 is 0 Å². The molecule has 43 heavy (non-hydrogen) atoms.